The van der Waals surface area contributed by atoms with Crippen molar-refractivity contribution in [3.63, 3.8) is 0 Å². The Bertz CT molecular complexity index is 1010. The number of rotatable bonds is 11. The van der Waals surface area contributed by atoms with Crippen molar-refractivity contribution in [2.45, 2.75) is 130 Å². The molecule has 0 bridgehead atoms. The Morgan fingerprint density at radius 1 is 0.974 bits per heavy atom. The Morgan fingerprint density at radius 2 is 1.79 bits per heavy atom. The van der Waals surface area contributed by atoms with Gasteiger partial charge >= 0.3 is 0 Å². The lowest BCUT2D eigenvalue weighted by molar-refractivity contribution is -0.147. The lowest BCUT2D eigenvalue weighted by Crippen LogP contribution is -2.54. The first-order chi connectivity index (χ1) is 18.8. The Labute approximate surface area is 238 Å². The van der Waals surface area contributed by atoms with E-state index in [0.29, 0.717) is 53.2 Å². The summed E-state index contributed by atoms with van der Waals surface area (Å²) in [7, 11) is 0. The fourth-order valence-corrected chi connectivity index (χ4v) is 10.1. The van der Waals surface area contributed by atoms with Crippen LogP contribution in [0.1, 0.15) is 135 Å². The van der Waals surface area contributed by atoms with E-state index in [1.807, 2.05) is 0 Å². The van der Waals surface area contributed by atoms with Gasteiger partial charge in [-0.15, -0.1) is 0 Å². The van der Waals surface area contributed by atoms with Crippen molar-refractivity contribution in [3.8, 4) is 5.75 Å². The van der Waals surface area contributed by atoms with Gasteiger partial charge in [0.05, 0.1) is 6.61 Å². The quantitative estimate of drug-likeness (QED) is 0.284. The lowest BCUT2D eigenvalue weighted by atomic mass is 9.45. The molecule has 4 fully saturated rings. The van der Waals surface area contributed by atoms with Gasteiger partial charge in [0.25, 0.3) is 0 Å². The highest BCUT2D eigenvalue weighted by atomic mass is 16.5. The molecule has 3 nitrogen and oxygen atoms in total. The molecule has 0 aliphatic heterocycles. The zero-order valence-electron chi connectivity index (χ0n) is 25.3. The molecule has 4 aliphatic carbocycles. The average molecular weight is 535 g/mol. The van der Waals surface area contributed by atoms with Gasteiger partial charge in [0.1, 0.15) is 17.3 Å². The Balaban J connectivity index is 1.26. The van der Waals surface area contributed by atoms with E-state index in [9.17, 15) is 9.59 Å². The molecule has 5 unspecified atom stereocenters. The van der Waals surface area contributed by atoms with E-state index >= 15 is 0 Å². The van der Waals surface area contributed by atoms with Crippen LogP contribution < -0.4 is 4.74 Å². The van der Waals surface area contributed by atoms with Crippen molar-refractivity contribution in [1.29, 1.82) is 0 Å². The first-order valence-corrected chi connectivity index (χ1v) is 16.6. The van der Waals surface area contributed by atoms with Crippen LogP contribution in [0.15, 0.2) is 24.3 Å². The molecule has 0 heterocycles. The minimum atomic E-state index is -0.174. The molecule has 4 aliphatic rings. The number of ketones is 2. The smallest absolute Gasteiger partial charge is 0.139 e. The normalized spacial score (nSPS) is 34.9. The molecule has 0 radical (unpaired) electrons. The van der Waals surface area contributed by atoms with Crippen molar-refractivity contribution in [2.24, 2.45) is 40.4 Å². The van der Waals surface area contributed by atoms with Crippen molar-refractivity contribution >= 4 is 11.6 Å². The molecule has 0 saturated heterocycles. The standard InChI is InChI=1S/C36H54O3/c1-5-9-26(22-25(6-2)7-3)27-10-8-11-30(23-27)39-21-20-36-19-17-32-31(33(36)14-15-34(36)38)13-12-28-24-29(37)16-18-35(28,32)4/h8,10-11,23,25-26,28,31-33H,5-7,9,12-22,24H2,1-4H3/t26?,28?,31?,32?,33?,35-,36+/m0/s1. The third kappa shape index (κ3) is 5.50. The summed E-state index contributed by atoms with van der Waals surface area (Å²) in [6.45, 7) is 10.1. The highest BCUT2D eigenvalue weighted by molar-refractivity contribution is 5.87. The number of carbonyl (C=O) groups is 2. The zero-order valence-corrected chi connectivity index (χ0v) is 25.3. The van der Waals surface area contributed by atoms with Crippen LogP contribution in [0, 0.1) is 40.4 Å². The van der Waals surface area contributed by atoms with Crippen LogP contribution in [0.4, 0.5) is 0 Å². The molecule has 0 aromatic heterocycles. The molecule has 1 aromatic carbocycles. The second kappa shape index (κ2) is 12.1. The molecule has 0 spiro atoms. The molecule has 3 heteroatoms. The summed E-state index contributed by atoms with van der Waals surface area (Å²) in [5.41, 5.74) is 1.55. The second-order valence-corrected chi connectivity index (χ2v) is 14.1. The molecule has 0 amide bonds. The van der Waals surface area contributed by atoms with E-state index in [4.69, 9.17) is 4.74 Å². The summed E-state index contributed by atoms with van der Waals surface area (Å²) in [6.07, 6.45) is 16.2. The number of ether oxygens (including phenoxy) is 1. The molecule has 39 heavy (non-hydrogen) atoms. The highest BCUT2D eigenvalue weighted by Gasteiger charge is 2.61. The van der Waals surface area contributed by atoms with Gasteiger partial charge in [-0.1, -0.05) is 59.1 Å². The molecular weight excluding hydrogens is 480 g/mol. The summed E-state index contributed by atoms with van der Waals surface area (Å²) in [4.78, 5) is 25.8. The number of carbonyl (C=O) groups excluding carboxylic acids is 2. The van der Waals surface area contributed by atoms with Crippen LogP contribution in [0.2, 0.25) is 0 Å². The molecule has 1 aromatic rings. The van der Waals surface area contributed by atoms with Crippen LogP contribution in [-0.4, -0.2) is 18.2 Å². The van der Waals surface area contributed by atoms with E-state index in [0.717, 1.165) is 63.0 Å². The van der Waals surface area contributed by atoms with Crippen LogP contribution in [0.5, 0.6) is 5.75 Å². The maximum absolute atomic E-state index is 13.5. The van der Waals surface area contributed by atoms with Crippen molar-refractivity contribution < 1.29 is 14.3 Å². The van der Waals surface area contributed by atoms with Gasteiger partial charge in [0, 0.05) is 24.7 Å². The number of fused-ring (bicyclic) bond motifs is 5. The topological polar surface area (TPSA) is 43.4 Å². The summed E-state index contributed by atoms with van der Waals surface area (Å²) >= 11 is 0. The maximum atomic E-state index is 13.5. The number of hydrogen-bond donors (Lipinski definition) is 0. The van der Waals surface area contributed by atoms with Gasteiger partial charge in [-0.3, -0.25) is 9.59 Å². The first kappa shape index (κ1) is 28.9. The molecule has 216 valence electrons. The largest absolute Gasteiger partial charge is 0.494 e. The van der Waals surface area contributed by atoms with Gasteiger partial charge in [-0.05, 0) is 116 Å². The highest BCUT2D eigenvalue weighted by Crippen LogP contribution is 2.66. The molecule has 5 rings (SSSR count). The number of hydrogen-bond acceptors (Lipinski definition) is 3. The molecule has 4 saturated carbocycles. The fourth-order valence-electron chi connectivity index (χ4n) is 10.1. The van der Waals surface area contributed by atoms with Gasteiger partial charge in [-0.25, -0.2) is 0 Å². The third-order valence-corrected chi connectivity index (χ3v) is 12.5. The van der Waals surface area contributed by atoms with Crippen LogP contribution in [0.25, 0.3) is 0 Å². The summed E-state index contributed by atoms with van der Waals surface area (Å²) in [6, 6.07) is 8.86. The van der Waals surface area contributed by atoms with Gasteiger partial charge in [0.15, 0.2) is 0 Å². The van der Waals surface area contributed by atoms with Crippen LogP contribution in [-0.2, 0) is 9.59 Å². The predicted molar refractivity (Wildman–Crippen MR) is 159 cm³/mol. The van der Waals surface area contributed by atoms with Crippen LogP contribution in [0.3, 0.4) is 0 Å². The molecular formula is C36H54O3. The molecule has 7 atom stereocenters. The zero-order chi connectivity index (χ0) is 27.6. The van der Waals surface area contributed by atoms with E-state index < -0.39 is 0 Å². The van der Waals surface area contributed by atoms with Gasteiger partial charge in [0.2, 0.25) is 0 Å². The summed E-state index contributed by atoms with van der Waals surface area (Å²) < 4.78 is 6.45. The average Bonchev–Trinajstić information content (AvgIpc) is 3.28. The SMILES string of the molecule is CCCC(CC(CC)CC)c1cccc(OCC[C@]23CCC4C(CCC5CC(=O)CC[C@@]54C)C2CCC3=O)c1. The maximum Gasteiger partial charge on any atom is 0.139 e. The second-order valence-electron chi connectivity index (χ2n) is 14.1. The van der Waals surface area contributed by atoms with Crippen molar-refractivity contribution in [2.75, 3.05) is 6.61 Å². The summed E-state index contributed by atoms with van der Waals surface area (Å²) in [5.74, 6) is 5.80. The lowest BCUT2D eigenvalue weighted by Gasteiger charge is -2.59. The molecule has 0 N–H and O–H groups in total. The Kier molecular flexibility index (Phi) is 8.94. The Morgan fingerprint density at radius 3 is 2.56 bits per heavy atom. The van der Waals surface area contributed by atoms with E-state index in [2.05, 4.69) is 52.0 Å². The van der Waals surface area contributed by atoms with E-state index in [-0.39, 0.29) is 5.41 Å². The van der Waals surface area contributed by atoms with Gasteiger partial charge in [-0.2, -0.15) is 0 Å². The predicted octanol–water partition coefficient (Wildman–Crippen LogP) is 9.33. The van der Waals surface area contributed by atoms with E-state index in [1.54, 1.807) is 0 Å². The van der Waals surface area contributed by atoms with Gasteiger partial charge < -0.3 is 4.74 Å². The number of Topliss-reactive ketones (excluding diaryl/α,β-unsaturated/α-hetero) is 2. The minimum absolute atomic E-state index is 0.174. The van der Waals surface area contributed by atoms with E-state index in [1.165, 1.54) is 50.5 Å². The first-order valence-electron chi connectivity index (χ1n) is 16.6. The number of benzene rings is 1. The third-order valence-electron chi connectivity index (χ3n) is 12.5. The van der Waals surface area contributed by atoms with Crippen LogP contribution >= 0.6 is 0 Å². The van der Waals surface area contributed by atoms with Crippen molar-refractivity contribution in [3.05, 3.63) is 29.8 Å². The summed E-state index contributed by atoms with van der Waals surface area (Å²) in [5, 5.41) is 0. The van der Waals surface area contributed by atoms with Crippen molar-refractivity contribution in [1.82, 2.24) is 0 Å². The fraction of sp³-hybridized carbons (Fsp3) is 0.778. The Hall–Kier alpha value is -1.64. The monoisotopic (exact) mass is 534 g/mol. The minimum Gasteiger partial charge on any atom is -0.494 e.